The van der Waals surface area contributed by atoms with Crippen molar-refractivity contribution in [1.29, 1.82) is 0 Å². The molecule has 10 nitrogen and oxygen atoms in total. The highest BCUT2D eigenvalue weighted by atomic mass is 28.5. The minimum absolute atomic E-state index is 0.0481. The zero-order valence-corrected chi connectivity index (χ0v) is 23.5. The van der Waals surface area contributed by atoms with Gasteiger partial charge in [0, 0.05) is 6.42 Å². The Bertz CT molecular complexity index is 1070. The first-order valence-corrected chi connectivity index (χ1v) is 16.2. The number of nitrogens with one attached hydrogen (secondary N) is 1. The third kappa shape index (κ3) is 4.07. The molecular weight excluding hydrogens is 473 g/mol. The molecule has 0 radical (unpaired) electrons. The maximum absolute atomic E-state index is 12.3. The first-order valence-electron chi connectivity index (χ1n) is 12.3. The van der Waals surface area contributed by atoms with Crippen LogP contribution in [0, 0.1) is 0 Å². The van der Waals surface area contributed by atoms with Crippen LogP contribution in [0.1, 0.15) is 68.0 Å². The largest absolute Gasteiger partial charge is 0.414 e. The summed E-state index contributed by atoms with van der Waals surface area (Å²) in [6.07, 6.45) is 1.34. The van der Waals surface area contributed by atoms with Gasteiger partial charge in [0.15, 0.2) is 11.2 Å². The molecule has 0 saturated carbocycles. The Morgan fingerprint density at radius 3 is 2.24 bits per heavy atom. The summed E-state index contributed by atoms with van der Waals surface area (Å²) in [7, 11) is -5.34. The molecule has 2 aromatic heterocycles. The number of ether oxygens (including phenoxy) is 1. The lowest BCUT2D eigenvalue weighted by molar-refractivity contribution is -0.0544. The molecule has 0 spiro atoms. The van der Waals surface area contributed by atoms with E-state index in [9.17, 15) is 4.79 Å². The zero-order valence-electron chi connectivity index (χ0n) is 21.5. The average Bonchev–Trinajstić information content (AvgIpc) is 3.31. The molecule has 0 unspecified atom stereocenters. The Labute approximate surface area is 203 Å². The third-order valence-corrected chi connectivity index (χ3v) is 17.6. The predicted octanol–water partition coefficient (Wildman–Crippen LogP) is 3.95. The van der Waals surface area contributed by atoms with Gasteiger partial charge in [-0.05, 0) is 22.2 Å². The Morgan fingerprint density at radius 1 is 1.03 bits per heavy atom. The van der Waals surface area contributed by atoms with E-state index in [0.717, 1.165) is 0 Å². The monoisotopic (exact) mass is 512 g/mol. The van der Waals surface area contributed by atoms with E-state index in [4.69, 9.17) is 23.4 Å². The standard InChI is InChI=1S/C22H39N5O5Si2/c1-12(2)33(13(3)4)29-10-17-16(31-34(32-33,14(5)6)15(7)8)9-18(30-17)27-11-24-19-20(27)25-22(23)26-21(19)28/h11-18H,9-10H2,1-8H3,(H3,23,25,26,28)/t16-,17+,18+/m0/s1/i10+1,24+1,27+1. The van der Waals surface area contributed by atoms with Gasteiger partial charge in [-0.15, -0.1) is 0 Å². The Balaban J connectivity index is 1.74. The highest BCUT2D eigenvalue weighted by Crippen LogP contribution is 2.48. The Hall–Kier alpha value is -1.58. The maximum Gasteiger partial charge on any atom is 0.335 e. The van der Waals surface area contributed by atoms with E-state index in [0.29, 0.717) is 18.7 Å². The molecule has 0 amide bonds. The minimum atomic E-state index is -2.71. The number of hydrogen-bond acceptors (Lipinski definition) is 8. The first kappa shape index (κ1) is 25.5. The molecule has 0 aromatic carbocycles. The summed E-state index contributed by atoms with van der Waals surface area (Å²) in [5.74, 6) is 0.0481. The Kier molecular flexibility index (Phi) is 6.86. The fraction of sp³-hybridized carbons (Fsp3) is 0.773. The lowest BCUT2D eigenvalue weighted by atomic mass is 10.2. The summed E-state index contributed by atoms with van der Waals surface area (Å²) in [5.41, 5.74) is 7.10. The fourth-order valence-electron chi connectivity index (χ4n) is 5.46. The molecule has 12 heteroatoms. The molecule has 2 aromatic rings. The third-order valence-electron chi connectivity index (χ3n) is 7.29. The number of fused-ring (bicyclic) bond motifs is 2. The highest BCUT2D eigenvalue weighted by molar-refractivity contribution is 6.83. The molecule has 2 aliphatic rings. The molecule has 2 aliphatic heterocycles. The molecule has 4 rings (SSSR count). The lowest BCUT2D eigenvalue weighted by Gasteiger charge is -2.51. The second-order valence-corrected chi connectivity index (χ2v) is 19.6. The minimum Gasteiger partial charge on any atom is -0.414 e. The van der Waals surface area contributed by atoms with Crippen molar-refractivity contribution >= 4 is 34.2 Å². The summed E-state index contributed by atoms with van der Waals surface area (Å²) in [5, 5.41) is 0. The van der Waals surface area contributed by atoms with Crippen LogP contribution in [-0.2, 0) is 17.7 Å². The van der Waals surface area contributed by atoms with Gasteiger partial charge in [0.25, 0.3) is 5.56 Å². The van der Waals surface area contributed by atoms with E-state index in [2.05, 4.69) is 70.3 Å². The molecule has 4 heterocycles. The molecular formula is C22H39N5O5Si2. The summed E-state index contributed by atoms with van der Waals surface area (Å²) in [4.78, 5) is 23.3. The van der Waals surface area contributed by atoms with E-state index in [1.165, 1.54) is 0 Å². The number of H-pyrrole nitrogens is 1. The van der Waals surface area contributed by atoms with Crippen LogP contribution in [-0.4, -0.2) is 55.5 Å². The zero-order chi connectivity index (χ0) is 25.0. The van der Waals surface area contributed by atoms with Gasteiger partial charge in [0.2, 0.25) is 5.95 Å². The van der Waals surface area contributed by atoms with Crippen molar-refractivity contribution in [3.05, 3.63) is 16.7 Å². The van der Waals surface area contributed by atoms with Crippen molar-refractivity contribution in [3.8, 4) is 0 Å². The molecule has 34 heavy (non-hydrogen) atoms. The highest BCUT2D eigenvalue weighted by Gasteiger charge is 2.60. The van der Waals surface area contributed by atoms with Crippen molar-refractivity contribution in [1.82, 2.24) is 19.5 Å². The van der Waals surface area contributed by atoms with Gasteiger partial charge in [-0.3, -0.25) is 14.3 Å². The van der Waals surface area contributed by atoms with Crippen LogP contribution in [0.15, 0.2) is 11.1 Å². The summed E-state index contributed by atoms with van der Waals surface area (Å²) in [6.45, 7) is 18.0. The molecule has 2 fully saturated rings. The van der Waals surface area contributed by atoms with Crippen LogP contribution in [0.2, 0.25) is 22.2 Å². The number of aromatic nitrogens is 4. The van der Waals surface area contributed by atoms with Gasteiger partial charge in [-0.2, -0.15) is 4.98 Å². The van der Waals surface area contributed by atoms with Crippen LogP contribution < -0.4 is 11.3 Å². The van der Waals surface area contributed by atoms with Gasteiger partial charge < -0.3 is 23.4 Å². The van der Waals surface area contributed by atoms with Crippen LogP contribution in [0.5, 0.6) is 0 Å². The van der Waals surface area contributed by atoms with E-state index >= 15 is 0 Å². The van der Waals surface area contributed by atoms with Gasteiger partial charge in [0.1, 0.15) is 12.3 Å². The summed E-state index contributed by atoms with van der Waals surface area (Å²) < 4.78 is 29.4. The number of imidazole rings is 1. The van der Waals surface area contributed by atoms with E-state index in [-0.39, 0.29) is 51.4 Å². The maximum atomic E-state index is 12.3. The van der Waals surface area contributed by atoms with E-state index in [1.54, 1.807) is 10.9 Å². The van der Waals surface area contributed by atoms with Crippen molar-refractivity contribution in [2.45, 2.75) is 102 Å². The van der Waals surface area contributed by atoms with Crippen LogP contribution in [0.4, 0.5) is 5.95 Å². The van der Waals surface area contributed by atoms with Crippen molar-refractivity contribution < 1.29 is 17.7 Å². The number of aromatic amines is 1. The molecule has 3 N–H and O–H groups in total. The number of anilines is 1. The molecule has 2 saturated heterocycles. The van der Waals surface area contributed by atoms with Gasteiger partial charge in [-0.1, -0.05) is 55.4 Å². The SMILES string of the molecule is CC(C)[Si]1(C(C)C)O[13CH2][C@H]2O[C@@H]([15n]3c[15n]c4c(=O)[nH]c(N)nc43)C[C@@H]2O[Si](C(C)C)(C(C)C)O1. The summed E-state index contributed by atoms with van der Waals surface area (Å²) in [6, 6.07) is 0. The first-order chi connectivity index (χ1) is 15.9. The quantitative estimate of drug-likeness (QED) is 0.455. The lowest BCUT2D eigenvalue weighted by Crippen LogP contribution is -2.65. The van der Waals surface area contributed by atoms with Gasteiger partial charge in [0.05, 0.1) is 19.0 Å². The topological polar surface area (TPSA) is 127 Å². The number of nitrogens with two attached hydrogens (primary N) is 1. The fourth-order valence-corrected chi connectivity index (χ4v) is 16.7. The second kappa shape index (κ2) is 9.14. The van der Waals surface area contributed by atoms with Gasteiger partial charge in [-0.25, -0.2) is 4.98 Å². The van der Waals surface area contributed by atoms with Crippen LogP contribution in [0.25, 0.3) is 11.2 Å². The number of nitrogen functional groups attached to an aromatic ring is 1. The van der Waals surface area contributed by atoms with Crippen molar-refractivity contribution in [2.75, 3.05) is 12.3 Å². The number of nitrogens with zero attached hydrogens (tertiary/aromatic N) is 3. The van der Waals surface area contributed by atoms with Gasteiger partial charge >= 0.3 is 17.1 Å². The predicted molar refractivity (Wildman–Crippen MR) is 135 cm³/mol. The van der Waals surface area contributed by atoms with Crippen LogP contribution >= 0.6 is 0 Å². The van der Waals surface area contributed by atoms with Crippen LogP contribution in [0.3, 0.4) is 0 Å². The summed E-state index contributed by atoms with van der Waals surface area (Å²) >= 11 is 0. The number of hydrogen-bond donors (Lipinski definition) is 2. The van der Waals surface area contributed by atoms with Crippen molar-refractivity contribution in [3.63, 3.8) is 0 Å². The molecule has 3 atom stereocenters. The second-order valence-electron chi connectivity index (χ2n) is 10.8. The number of rotatable bonds is 5. The average molecular weight is 513 g/mol. The Morgan fingerprint density at radius 2 is 1.65 bits per heavy atom. The van der Waals surface area contributed by atoms with E-state index in [1.807, 2.05) is 0 Å². The smallest absolute Gasteiger partial charge is 0.335 e. The molecule has 190 valence electrons. The van der Waals surface area contributed by atoms with E-state index < -0.39 is 23.3 Å². The molecule has 0 aliphatic carbocycles. The van der Waals surface area contributed by atoms with Crippen molar-refractivity contribution in [2.24, 2.45) is 0 Å². The molecule has 0 bridgehead atoms. The normalized spacial score (nSPS) is 27.0.